The first kappa shape index (κ1) is 36.3. The topological polar surface area (TPSA) is 83.9 Å². The van der Waals surface area contributed by atoms with E-state index in [-0.39, 0.29) is 9.77 Å². The van der Waals surface area contributed by atoms with Gasteiger partial charge in [-0.3, -0.25) is 4.79 Å². The van der Waals surface area contributed by atoms with E-state index < -0.39 is 40.8 Å². The van der Waals surface area contributed by atoms with Gasteiger partial charge in [0.05, 0.1) is 5.56 Å². The molecule has 0 saturated carbocycles. The Morgan fingerprint density at radius 2 is 1.80 bits per heavy atom. The standard InChI is InChI=1S/C35H36F3NO5S2/c1-3-13-27(14-7-5-6-10-23-44-32-20-9-8-17-29(32)4-2)15-12-19-31-21-22-34(45-31)46(42,43)39(26-33(40)41)25-28-16-11-18-30(24-28)35(36,37)38/h3,5-13,15-18,20-22,24H,1,4,14,19,23,25-26H2,2H3,(H,40,41)/b7-5-,10-6-,15-12-,27-13-. The van der Waals surface area contributed by atoms with Crippen LogP contribution < -0.4 is 4.74 Å². The average molecular weight is 672 g/mol. The molecule has 0 aliphatic carbocycles. The highest BCUT2D eigenvalue weighted by Crippen LogP contribution is 2.31. The molecule has 6 nitrogen and oxygen atoms in total. The SMILES string of the molecule is C=C/C=C(\C=C/Cc1ccc(S(=O)(=O)N(CC(=O)O)Cc2cccc(C(F)(F)F)c2)s1)C/C=C\C=C/COc1ccccc1CC. The number of aryl methyl sites for hydroxylation is 1. The normalized spacial score (nSPS) is 12.9. The Balaban J connectivity index is 1.60. The summed E-state index contributed by atoms with van der Waals surface area (Å²) in [6.45, 7) is 4.87. The molecule has 0 fully saturated rings. The molecule has 1 aromatic heterocycles. The number of aliphatic carboxylic acids is 1. The van der Waals surface area contributed by atoms with Crippen LogP contribution in [-0.2, 0) is 40.4 Å². The summed E-state index contributed by atoms with van der Waals surface area (Å²) >= 11 is 0.979. The summed E-state index contributed by atoms with van der Waals surface area (Å²) in [5, 5.41) is 9.33. The van der Waals surface area contributed by atoms with Crippen molar-refractivity contribution in [1.29, 1.82) is 0 Å². The summed E-state index contributed by atoms with van der Waals surface area (Å²) in [6, 6.07) is 15.1. The number of rotatable bonds is 17. The van der Waals surface area contributed by atoms with Crippen molar-refractivity contribution in [3.63, 3.8) is 0 Å². The fourth-order valence-corrected chi connectivity index (χ4v) is 7.18. The number of allylic oxidation sites excluding steroid dienone is 8. The highest BCUT2D eigenvalue weighted by atomic mass is 32.2. The van der Waals surface area contributed by atoms with E-state index in [4.69, 9.17) is 4.74 Å². The number of nitrogens with zero attached hydrogens (tertiary/aromatic N) is 1. The van der Waals surface area contributed by atoms with E-state index in [1.807, 2.05) is 66.8 Å². The summed E-state index contributed by atoms with van der Waals surface area (Å²) in [6.07, 6.45) is 12.5. The molecule has 244 valence electrons. The Morgan fingerprint density at radius 1 is 1.04 bits per heavy atom. The Labute approximate surface area is 272 Å². The van der Waals surface area contributed by atoms with Gasteiger partial charge < -0.3 is 9.84 Å². The smallest absolute Gasteiger partial charge is 0.416 e. The van der Waals surface area contributed by atoms with Crippen LogP contribution in [0.3, 0.4) is 0 Å². The van der Waals surface area contributed by atoms with Crippen molar-refractivity contribution in [1.82, 2.24) is 4.31 Å². The van der Waals surface area contributed by atoms with Crippen LogP contribution in [0.1, 0.15) is 34.9 Å². The number of para-hydroxylation sites is 1. The number of benzene rings is 2. The van der Waals surface area contributed by atoms with Crippen LogP contribution in [0, 0.1) is 0 Å². The zero-order valence-electron chi connectivity index (χ0n) is 25.3. The van der Waals surface area contributed by atoms with Crippen LogP contribution in [0.15, 0.2) is 126 Å². The summed E-state index contributed by atoms with van der Waals surface area (Å²) in [7, 11) is -4.30. The van der Waals surface area contributed by atoms with Crippen molar-refractivity contribution in [2.24, 2.45) is 0 Å². The van der Waals surface area contributed by atoms with E-state index in [2.05, 4.69) is 13.5 Å². The number of hydrogen-bond donors (Lipinski definition) is 1. The number of thiophene rings is 1. The Morgan fingerprint density at radius 3 is 2.52 bits per heavy atom. The minimum Gasteiger partial charge on any atom is -0.489 e. The maximum Gasteiger partial charge on any atom is 0.416 e. The van der Waals surface area contributed by atoms with E-state index in [0.29, 0.717) is 28.6 Å². The lowest BCUT2D eigenvalue weighted by Crippen LogP contribution is -2.34. The van der Waals surface area contributed by atoms with Crippen molar-refractivity contribution in [3.05, 3.63) is 143 Å². The molecule has 1 heterocycles. The van der Waals surface area contributed by atoms with Gasteiger partial charge in [0.2, 0.25) is 0 Å². The number of carboxylic acids is 1. The quantitative estimate of drug-likeness (QED) is 0.146. The molecule has 2 aromatic carbocycles. The molecule has 1 N–H and O–H groups in total. The number of carboxylic acid groups (broad SMARTS) is 1. The van der Waals surface area contributed by atoms with Gasteiger partial charge in [0.25, 0.3) is 10.0 Å². The van der Waals surface area contributed by atoms with Crippen molar-refractivity contribution in [2.45, 2.75) is 43.1 Å². The summed E-state index contributed by atoms with van der Waals surface area (Å²) in [4.78, 5) is 12.2. The van der Waals surface area contributed by atoms with Gasteiger partial charge in [0.1, 0.15) is 23.1 Å². The van der Waals surface area contributed by atoms with E-state index in [1.165, 1.54) is 12.1 Å². The third-order valence-electron chi connectivity index (χ3n) is 6.56. The fraction of sp³-hybridized carbons (Fsp3) is 0.229. The molecule has 0 aliphatic rings. The second-order valence-electron chi connectivity index (χ2n) is 10.0. The van der Waals surface area contributed by atoms with E-state index in [0.717, 1.165) is 52.8 Å². The molecule has 0 aliphatic heterocycles. The third-order valence-corrected chi connectivity index (χ3v) is 9.93. The maximum absolute atomic E-state index is 13.3. The fourth-order valence-electron chi connectivity index (χ4n) is 4.32. The van der Waals surface area contributed by atoms with E-state index in [1.54, 1.807) is 12.1 Å². The largest absolute Gasteiger partial charge is 0.489 e. The number of hydrogen-bond acceptors (Lipinski definition) is 5. The zero-order valence-corrected chi connectivity index (χ0v) is 27.0. The lowest BCUT2D eigenvalue weighted by atomic mass is 10.1. The average Bonchev–Trinajstić information content (AvgIpc) is 3.50. The summed E-state index contributed by atoms with van der Waals surface area (Å²) in [5.41, 5.74) is 1.22. The van der Waals surface area contributed by atoms with Crippen LogP contribution in [0.5, 0.6) is 5.75 Å². The molecule has 0 radical (unpaired) electrons. The summed E-state index contributed by atoms with van der Waals surface area (Å²) < 4.78 is 72.5. The zero-order chi connectivity index (χ0) is 33.6. The molecule has 0 spiro atoms. The highest BCUT2D eigenvalue weighted by molar-refractivity contribution is 7.91. The van der Waals surface area contributed by atoms with Gasteiger partial charge in [-0.25, -0.2) is 8.42 Å². The molecular weight excluding hydrogens is 636 g/mol. The van der Waals surface area contributed by atoms with Crippen LogP contribution >= 0.6 is 11.3 Å². The molecular formula is C35H36F3NO5S2. The first-order chi connectivity index (χ1) is 21.9. The molecule has 3 aromatic rings. The van der Waals surface area contributed by atoms with Gasteiger partial charge in [0.15, 0.2) is 0 Å². The molecule has 0 atom stereocenters. The molecule has 0 bridgehead atoms. The lowest BCUT2D eigenvalue weighted by molar-refractivity contribution is -0.138. The van der Waals surface area contributed by atoms with Crippen molar-refractivity contribution < 1.29 is 36.2 Å². The molecule has 46 heavy (non-hydrogen) atoms. The maximum atomic E-state index is 13.3. The second kappa shape index (κ2) is 17.5. The number of sulfonamides is 1. The van der Waals surface area contributed by atoms with Crippen LogP contribution in [0.4, 0.5) is 13.2 Å². The molecule has 0 unspecified atom stereocenters. The van der Waals surface area contributed by atoms with Crippen LogP contribution in [0.25, 0.3) is 0 Å². The van der Waals surface area contributed by atoms with Crippen molar-refractivity contribution in [3.8, 4) is 5.75 Å². The number of alkyl halides is 3. The Bertz CT molecular complexity index is 1700. The molecule has 3 rings (SSSR count). The predicted octanol–water partition coefficient (Wildman–Crippen LogP) is 8.40. The molecule has 11 heteroatoms. The first-order valence-corrected chi connectivity index (χ1v) is 16.7. The Kier molecular flexibility index (Phi) is 13.8. The van der Waals surface area contributed by atoms with Gasteiger partial charge >= 0.3 is 12.1 Å². The van der Waals surface area contributed by atoms with Gasteiger partial charge in [-0.15, -0.1) is 11.3 Å². The van der Waals surface area contributed by atoms with Crippen molar-refractivity contribution in [2.75, 3.05) is 13.2 Å². The monoisotopic (exact) mass is 671 g/mol. The minimum absolute atomic E-state index is 0.0246. The van der Waals surface area contributed by atoms with E-state index >= 15 is 0 Å². The number of halogens is 3. The predicted molar refractivity (Wildman–Crippen MR) is 176 cm³/mol. The highest BCUT2D eigenvalue weighted by Gasteiger charge is 2.32. The number of ether oxygens (including phenoxy) is 1. The van der Waals surface area contributed by atoms with Crippen LogP contribution in [-0.4, -0.2) is 37.0 Å². The van der Waals surface area contributed by atoms with Gasteiger partial charge in [-0.2, -0.15) is 17.5 Å². The Hall–Kier alpha value is -4.19. The van der Waals surface area contributed by atoms with Crippen LogP contribution in [0.2, 0.25) is 0 Å². The van der Waals surface area contributed by atoms with Gasteiger partial charge in [-0.05, 0) is 59.9 Å². The molecule has 0 saturated heterocycles. The number of carbonyl (C=O) groups is 1. The van der Waals surface area contributed by atoms with Crippen molar-refractivity contribution >= 4 is 27.3 Å². The first-order valence-electron chi connectivity index (χ1n) is 14.4. The second-order valence-corrected chi connectivity index (χ2v) is 13.3. The lowest BCUT2D eigenvalue weighted by Gasteiger charge is -2.20. The van der Waals surface area contributed by atoms with Gasteiger partial charge in [-0.1, -0.05) is 92.4 Å². The minimum atomic E-state index is -4.62. The van der Waals surface area contributed by atoms with E-state index in [9.17, 15) is 31.5 Å². The third kappa shape index (κ3) is 11.3. The summed E-state index contributed by atoms with van der Waals surface area (Å²) in [5.74, 6) is -0.546. The molecule has 0 amide bonds. The van der Waals surface area contributed by atoms with Gasteiger partial charge in [0, 0.05) is 17.8 Å².